The summed E-state index contributed by atoms with van der Waals surface area (Å²) in [6.45, 7) is 4.60. The predicted octanol–water partition coefficient (Wildman–Crippen LogP) is 4.77. The van der Waals surface area contributed by atoms with Crippen molar-refractivity contribution in [1.29, 1.82) is 0 Å². The van der Waals surface area contributed by atoms with Crippen molar-refractivity contribution in [2.75, 3.05) is 0 Å². The van der Waals surface area contributed by atoms with E-state index in [2.05, 4.69) is 17.1 Å². The van der Waals surface area contributed by atoms with Crippen molar-refractivity contribution in [3.8, 4) is 5.75 Å². The highest BCUT2D eigenvalue weighted by atomic mass is 16.5. The Morgan fingerprint density at radius 1 is 0.895 bits per heavy atom. The fourth-order valence-electron chi connectivity index (χ4n) is 1.92. The average Bonchev–Trinajstić information content (AvgIpc) is 2.97. The molecule has 3 aromatic rings. The fourth-order valence-corrected chi connectivity index (χ4v) is 1.92. The number of aromatic nitrogens is 1. The number of ether oxygens (including phenoxy) is 1. The van der Waals surface area contributed by atoms with Gasteiger partial charge in [-0.25, -0.2) is 0 Å². The minimum atomic E-state index is 0.602. The largest absolute Gasteiger partial charge is 0.488 e. The minimum absolute atomic E-state index is 0.602. The molecule has 0 aliphatic carbocycles. The molecule has 2 aromatic carbocycles. The van der Waals surface area contributed by atoms with Crippen LogP contribution in [0.3, 0.4) is 0 Å². The highest BCUT2D eigenvalue weighted by molar-refractivity contribution is 5.85. The van der Waals surface area contributed by atoms with Crippen LogP contribution in [0, 0.1) is 0 Å². The maximum absolute atomic E-state index is 5.84. The van der Waals surface area contributed by atoms with E-state index in [0.29, 0.717) is 6.61 Å². The summed E-state index contributed by atoms with van der Waals surface area (Å²) in [7, 11) is 0. The Morgan fingerprint density at radius 3 is 2.47 bits per heavy atom. The van der Waals surface area contributed by atoms with Crippen LogP contribution < -0.4 is 4.74 Å². The van der Waals surface area contributed by atoms with Gasteiger partial charge in [0.1, 0.15) is 12.4 Å². The number of hydrogen-bond donors (Lipinski definition) is 1. The van der Waals surface area contributed by atoms with Crippen LogP contribution in [0.1, 0.15) is 19.4 Å². The first kappa shape index (κ1) is 13.2. The lowest BCUT2D eigenvalue weighted by atomic mass is 10.2. The van der Waals surface area contributed by atoms with Crippen molar-refractivity contribution in [1.82, 2.24) is 4.98 Å². The van der Waals surface area contributed by atoms with Crippen LogP contribution >= 0.6 is 0 Å². The van der Waals surface area contributed by atoms with Gasteiger partial charge >= 0.3 is 0 Å². The smallest absolute Gasteiger partial charge is 0.129 e. The topological polar surface area (TPSA) is 25.0 Å². The van der Waals surface area contributed by atoms with Gasteiger partial charge in [0.2, 0.25) is 0 Å². The summed E-state index contributed by atoms with van der Waals surface area (Å²) >= 11 is 0. The Labute approximate surface area is 114 Å². The second-order valence-electron chi connectivity index (χ2n) is 3.97. The Kier molecular flexibility index (Phi) is 4.62. The highest BCUT2D eigenvalue weighted by Crippen LogP contribution is 2.25. The third-order valence-electron chi connectivity index (χ3n) is 2.79. The summed E-state index contributed by atoms with van der Waals surface area (Å²) in [5, 5.41) is 1.13. The fraction of sp³-hybridized carbons (Fsp3) is 0.176. The zero-order valence-corrected chi connectivity index (χ0v) is 11.4. The van der Waals surface area contributed by atoms with E-state index in [1.54, 1.807) is 0 Å². The number of H-pyrrole nitrogens is 1. The summed E-state index contributed by atoms with van der Waals surface area (Å²) in [4.78, 5) is 3.18. The molecule has 3 rings (SSSR count). The molecule has 2 nitrogen and oxygen atoms in total. The first-order valence-corrected chi connectivity index (χ1v) is 6.66. The van der Waals surface area contributed by atoms with Crippen LogP contribution in [-0.2, 0) is 6.61 Å². The molecule has 19 heavy (non-hydrogen) atoms. The van der Waals surface area contributed by atoms with E-state index in [0.717, 1.165) is 16.7 Å². The average molecular weight is 253 g/mol. The normalized spacial score (nSPS) is 9.79. The van der Waals surface area contributed by atoms with Gasteiger partial charge in [-0.05, 0) is 23.8 Å². The Bertz CT molecular complexity index is 613. The summed E-state index contributed by atoms with van der Waals surface area (Å²) in [6, 6.07) is 18.3. The number of benzene rings is 2. The van der Waals surface area contributed by atoms with Crippen molar-refractivity contribution < 1.29 is 4.74 Å². The molecule has 0 spiro atoms. The summed E-state index contributed by atoms with van der Waals surface area (Å²) < 4.78 is 5.84. The lowest BCUT2D eigenvalue weighted by Gasteiger charge is -2.07. The van der Waals surface area contributed by atoms with Gasteiger partial charge in [0.15, 0.2) is 0 Å². The van der Waals surface area contributed by atoms with Crippen LogP contribution in [0.25, 0.3) is 10.9 Å². The number of hydrogen-bond acceptors (Lipinski definition) is 1. The van der Waals surface area contributed by atoms with Gasteiger partial charge in [-0.2, -0.15) is 0 Å². The van der Waals surface area contributed by atoms with E-state index < -0.39 is 0 Å². The molecule has 0 fully saturated rings. The van der Waals surface area contributed by atoms with Gasteiger partial charge in [0.05, 0.1) is 0 Å². The second kappa shape index (κ2) is 6.64. The number of fused-ring (bicyclic) bond motifs is 1. The molecule has 0 aliphatic rings. The van der Waals surface area contributed by atoms with E-state index in [1.165, 1.54) is 5.56 Å². The molecular weight excluding hydrogens is 234 g/mol. The molecule has 1 heterocycles. The van der Waals surface area contributed by atoms with Gasteiger partial charge in [-0.3, -0.25) is 0 Å². The summed E-state index contributed by atoms with van der Waals surface area (Å²) in [5.74, 6) is 0.924. The van der Waals surface area contributed by atoms with Gasteiger partial charge < -0.3 is 9.72 Å². The van der Waals surface area contributed by atoms with E-state index in [4.69, 9.17) is 4.74 Å². The zero-order valence-electron chi connectivity index (χ0n) is 11.4. The molecule has 1 N–H and O–H groups in total. The zero-order chi connectivity index (χ0) is 13.5. The third-order valence-corrected chi connectivity index (χ3v) is 2.79. The Balaban J connectivity index is 0.000000637. The number of nitrogens with one attached hydrogen (secondary N) is 1. The third kappa shape index (κ3) is 3.16. The number of aromatic amines is 1. The Morgan fingerprint density at radius 2 is 1.68 bits per heavy atom. The van der Waals surface area contributed by atoms with Gasteiger partial charge in [0, 0.05) is 17.1 Å². The van der Waals surface area contributed by atoms with Crippen LogP contribution in [0.15, 0.2) is 60.8 Å². The second-order valence-corrected chi connectivity index (χ2v) is 3.97. The molecule has 0 atom stereocenters. The molecule has 98 valence electrons. The Hall–Kier alpha value is -2.22. The van der Waals surface area contributed by atoms with Crippen molar-refractivity contribution in [2.24, 2.45) is 0 Å². The lowest BCUT2D eigenvalue weighted by Crippen LogP contribution is -1.94. The molecule has 0 unspecified atom stereocenters. The summed E-state index contributed by atoms with van der Waals surface area (Å²) in [6.07, 6.45) is 1.93. The quantitative estimate of drug-likeness (QED) is 0.714. The van der Waals surface area contributed by atoms with Crippen LogP contribution in [0.4, 0.5) is 0 Å². The van der Waals surface area contributed by atoms with Crippen molar-refractivity contribution in [2.45, 2.75) is 20.5 Å². The van der Waals surface area contributed by atoms with Crippen molar-refractivity contribution >= 4 is 10.9 Å². The molecule has 0 aliphatic heterocycles. The first-order valence-electron chi connectivity index (χ1n) is 6.66. The standard InChI is InChI=1S/C15H13NO.C2H6/c1-2-5-12(6-3-1)11-17-15-8-4-7-14-13(15)9-10-16-14;1-2/h1-10,16H,11H2;1-2H3. The summed E-state index contributed by atoms with van der Waals surface area (Å²) in [5.41, 5.74) is 2.29. The molecule has 0 saturated heterocycles. The van der Waals surface area contributed by atoms with Gasteiger partial charge in [0.25, 0.3) is 0 Å². The maximum Gasteiger partial charge on any atom is 0.129 e. The molecule has 0 bridgehead atoms. The highest BCUT2D eigenvalue weighted by Gasteiger charge is 2.02. The van der Waals surface area contributed by atoms with Crippen LogP contribution in [-0.4, -0.2) is 4.98 Å². The number of rotatable bonds is 3. The van der Waals surface area contributed by atoms with Crippen LogP contribution in [0.2, 0.25) is 0 Å². The SMILES string of the molecule is CC.c1ccc(COc2cccc3[nH]ccc23)cc1. The van der Waals surface area contributed by atoms with E-state index in [1.807, 2.05) is 62.5 Å². The van der Waals surface area contributed by atoms with E-state index in [9.17, 15) is 0 Å². The molecule has 2 heteroatoms. The monoisotopic (exact) mass is 253 g/mol. The molecule has 0 radical (unpaired) electrons. The van der Waals surface area contributed by atoms with Crippen molar-refractivity contribution in [3.63, 3.8) is 0 Å². The van der Waals surface area contributed by atoms with Crippen molar-refractivity contribution in [3.05, 3.63) is 66.4 Å². The molecule has 0 saturated carbocycles. The van der Waals surface area contributed by atoms with E-state index >= 15 is 0 Å². The lowest BCUT2D eigenvalue weighted by molar-refractivity contribution is 0.310. The van der Waals surface area contributed by atoms with E-state index in [-0.39, 0.29) is 0 Å². The maximum atomic E-state index is 5.84. The van der Waals surface area contributed by atoms with Gasteiger partial charge in [-0.1, -0.05) is 50.2 Å². The minimum Gasteiger partial charge on any atom is -0.488 e. The van der Waals surface area contributed by atoms with Crippen LogP contribution in [0.5, 0.6) is 5.75 Å². The van der Waals surface area contributed by atoms with Gasteiger partial charge in [-0.15, -0.1) is 0 Å². The molecule has 1 aromatic heterocycles. The molecular formula is C17H19NO. The molecule has 0 amide bonds. The first-order chi connectivity index (χ1) is 9.43. The predicted molar refractivity (Wildman–Crippen MR) is 80.4 cm³/mol.